The first-order chi connectivity index (χ1) is 10.8. The van der Waals surface area contributed by atoms with Crippen molar-refractivity contribution in [2.45, 2.75) is 57.2 Å². The van der Waals surface area contributed by atoms with Gasteiger partial charge in [-0.1, -0.05) is 18.9 Å². The number of likely N-dealkylation sites (tertiary alicyclic amines) is 2. The minimum atomic E-state index is 0.138. The number of pyridine rings is 1. The quantitative estimate of drug-likeness (QED) is 0.860. The topological polar surface area (TPSA) is 36.4 Å². The highest BCUT2D eigenvalue weighted by Crippen LogP contribution is 2.35. The second kappa shape index (κ2) is 5.99. The van der Waals surface area contributed by atoms with Crippen molar-refractivity contribution in [2.75, 3.05) is 13.1 Å². The molecule has 0 radical (unpaired) electrons. The van der Waals surface area contributed by atoms with E-state index in [0.717, 1.165) is 25.2 Å². The third kappa shape index (κ3) is 2.65. The van der Waals surface area contributed by atoms with E-state index in [-0.39, 0.29) is 6.04 Å². The zero-order valence-electron chi connectivity index (χ0n) is 13.2. The fourth-order valence-electron chi connectivity index (χ4n) is 4.58. The molecule has 4 heteroatoms. The number of carbonyl (C=O) groups excluding carboxylic acids is 1. The Balaban J connectivity index is 1.50. The van der Waals surface area contributed by atoms with E-state index in [0.29, 0.717) is 24.4 Å². The van der Waals surface area contributed by atoms with Gasteiger partial charge in [-0.3, -0.25) is 14.7 Å². The average Bonchev–Trinajstić information content (AvgIpc) is 3.08. The minimum absolute atomic E-state index is 0.138. The molecule has 1 aliphatic carbocycles. The molecule has 1 amide bonds. The molecule has 2 bridgehead atoms. The Kier molecular flexibility index (Phi) is 3.87. The lowest BCUT2D eigenvalue weighted by molar-refractivity contribution is -0.148. The molecule has 1 aromatic heterocycles. The molecule has 0 N–H and O–H groups in total. The van der Waals surface area contributed by atoms with Crippen LogP contribution in [0.25, 0.3) is 0 Å². The second-order valence-corrected chi connectivity index (χ2v) is 7.12. The van der Waals surface area contributed by atoms with E-state index in [9.17, 15) is 4.79 Å². The highest BCUT2D eigenvalue weighted by atomic mass is 16.2. The van der Waals surface area contributed by atoms with Crippen molar-refractivity contribution < 1.29 is 4.79 Å². The van der Waals surface area contributed by atoms with Gasteiger partial charge in [-0.15, -0.1) is 0 Å². The molecule has 0 aromatic carbocycles. The van der Waals surface area contributed by atoms with E-state index in [2.05, 4.69) is 14.8 Å². The Hall–Kier alpha value is -1.42. The number of piperidine rings is 2. The number of aromatic nitrogens is 1. The number of amides is 1. The van der Waals surface area contributed by atoms with Gasteiger partial charge in [0.2, 0.25) is 5.91 Å². The highest BCUT2D eigenvalue weighted by Gasteiger charge is 2.43. The summed E-state index contributed by atoms with van der Waals surface area (Å²) in [7, 11) is 0. The molecule has 3 aliphatic rings. The van der Waals surface area contributed by atoms with E-state index in [4.69, 9.17) is 0 Å². The van der Waals surface area contributed by atoms with E-state index in [1.165, 1.54) is 32.1 Å². The van der Waals surface area contributed by atoms with Crippen LogP contribution in [0.5, 0.6) is 0 Å². The van der Waals surface area contributed by atoms with Gasteiger partial charge in [-0.25, -0.2) is 0 Å². The van der Waals surface area contributed by atoms with E-state index in [1.807, 2.05) is 24.4 Å². The van der Waals surface area contributed by atoms with Gasteiger partial charge in [0.05, 0.1) is 18.3 Å². The van der Waals surface area contributed by atoms with Gasteiger partial charge in [0.25, 0.3) is 0 Å². The fraction of sp³-hybridized carbons (Fsp3) is 0.667. The first-order valence-corrected chi connectivity index (χ1v) is 8.76. The van der Waals surface area contributed by atoms with Crippen molar-refractivity contribution in [3.8, 4) is 0 Å². The highest BCUT2D eigenvalue weighted by molar-refractivity contribution is 5.83. The van der Waals surface area contributed by atoms with E-state index in [1.54, 1.807) is 0 Å². The first-order valence-electron chi connectivity index (χ1n) is 8.76. The predicted octanol–water partition coefficient (Wildman–Crippen LogP) is 2.45. The molecule has 2 aliphatic heterocycles. The SMILES string of the molecule is O=C1[C@H]2C[C@H](CCN2C2CCCC2)CN1Cc1ccccn1. The molecule has 2 atom stereocenters. The lowest BCUT2D eigenvalue weighted by Gasteiger charge is -2.48. The van der Waals surface area contributed by atoms with Crippen LogP contribution < -0.4 is 0 Å². The number of carbonyl (C=O) groups is 1. The summed E-state index contributed by atoms with van der Waals surface area (Å²) in [4.78, 5) is 22.0. The Morgan fingerprint density at radius 3 is 2.82 bits per heavy atom. The Bertz CT molecular complexity index is 526. The summed E-state index contributed by atoms with van der Waals surface area (Å²) in [6.07, 6.45) is 9.39. The number of hydrogen-bond acceptors (Lipinski definition) is 3. The standard InChI is InChI=1S/C18H25N3O/c22-18-17-11-14(8-10-21(17)16-6-1-2-7-16)12-20(18)13-15-5-3-4-9-19-15/h3-5,9,14,16-17H,1-2,6-8,10-13H2/t14-,17+/m0/s1. The monoisotopic (exact) mass is 299 g/mol. The normalized spacial score (nSPS) is 30.0. The van der Waals surface area contributed by atoms with E-state index < -0.39 is 0 Å². The Labute approximate surface area is 132 Å². The van der Waals surface area contributed by atoms with E-state index >= 15 is 0 Å². The van der Waals surface area contributed by atoms with Crippen LogP contribution in [0.3, 0.4) is 0 Å². The van der Waals surface area contributed by atoms with Crippen LogP contribution in [-0.2, 0) is 11.3 Å². The Morgan fingerprint density at radius 1 is 1.18 bits per heavy atom. The molecule has 1 saturated carbocycles. The number of rotatable bonds is 3. The van der Waals surface area contributed by atoms with Crippen molar-refractivity contribution in [2.24, 2.45) is 5.92 Å². The maximum atomic E-state index is 13.0. The largest absolute Gasteiger partial charge is 0.335 e. The first kappa shape index (κ1) is 14.2. The Morgan fingerprint density at radius 2 is 2.05 bits per heavy atom. The maximum Gasteiger partial charge on any atom is 0.240 e. The lowest BCUT2D eigenvalue weighted by atomic mass is 9.84. The zero-order chi connectivity index (χ0) is 14.9. The summed E-state index contributed by atoms with van der Waals surface area (Å²) in [6.45, 7) is 2.72. The van der Waals surface area contributed by atoms with Crippen LogP contribution in [0.1, 0.15) is 44.2 Å². The van der Waals surface area contributed by atoms with Gasteiger partial charge in [-0.05, 0) is 50.3 Å². The smallest absolute Gasteiger partial charge is 0.240 e. The summed E-state index contributed by atoms with van der Waals surface area (Å²) >= 11 is 0. The predicted molar refractivity (Wildman–Crippen MR) is 85.1 cm³/mol. The van der Waals surface area contributed by atoms with Crippen molar-refractivity contribution in [3.05, 3.63) is 30.1 Å². The molecule has 0 unspecified atom stereocenters. The molecule has 2 saturated heterocycles. The van der Waals surface area contributed by atoms with Crippen molar-refractivity contribution in [1.82, 2.24) is 14.8 Å². The van der Waals surface area contributed by atoms with Gasteiger partial charge < -0.3 is 4.90 Å². The summed E-state index contributed by atoms with van der Waals surface area (Å²) in [5.41, 5.74) is 1.00. The molecular formula is C18H25N3O. The molecule has 4 rings (SSSR count). The number of fused-ring (bicyclic) bond motifs is 2. The number of nitrogens with zero attached hydrogens (tertiary/aromatic N) is 3. The van der Waals surface area contributed by atoms with Gasteiger partial charge in [0.1, 0.15) is 0 Å². The van der Waals surface area contributed by atoms with Crippen molar-refractivity contribution in [1.29, 1.82) is 0 Å². The third-order valence-electron chi connectivity index (χ3n) is 5.70. The van der Waals surface area contributed by atoms with Gasteiger partial charge in [-0.2, -0.15) is 0 Å². The molecule has 1 aromatic rings. The molecule has 118 valence electrons. The van der Waals surface area contributed by atoms with Crippen LogP contribution >= 0.6 is 0 Å². The van der Waals surface area contributed by atoms with Crippen LogP contribution in [0.2, 0.25) is 0 Å². The zero-order valence-corrected chi connectivity index (χ0v) is 13.2. The molecular weight excluding hydrogens is 274 g/mol. The second-order valence-electron chi connectivity index (χ2n) is 7.12. The van der Waals surface area contributed by atoms with Gasteiger partial charge >= 0.3 is 0 Å². The fourth-order valence-corrected chi connectivity index (χ4v) is 4.58. The summed E-state index contributed by atoms with van der Waals surface area (Å²) in [5, 5.41) is 0. The average molecular weight is 299 g/mol. The van der Waals surface area contributed by atoms with Gasteiger partial charge in [0.15, 0.2) is 0 Å². The van der Waals surface area contributed by atoms with Crippen LogP contribution in [0.4, 0.5) is 0 Å². The third-order valence-corrected chi connectivity index (χ3v) is 5.70. The summed E-state index contributed by atoms with van der Waals surface area (Å²) in [6, 6.07) is 6.75. The molecule has 4 nitrogen and oxygen atoms in total. The molecule has 0 spiro atoms. The maximum absolute atomic E-state index is 13.0. The molecule has 22 heavy (non-hydrogen) atoms. The summed E-state index contributed by atoms with van der Waals surface area (Å²) < 4.78 is 0. The van der Waals surface area contributed by atoms with Crippen molar-refractivity contribution >= 4 is 5.91 Å². The molecule has 3 fully saturated rings. The van der Waals surface area contributed by atoms with Crippen LogP contribution in [0, 0.1) is 5.92 Å². The van der Waals surface area contributed by atoms with Crippen LogP contribution in [-0.4, -0.2) is 45.9 Å². The van der Waals surface area contributed by atoms with Crippen LogP contribution in [0.15, 0.2) is 24.4 Å². The lowest BCUT2D eigenvalue weighted by Crippen LogP contribution is -2.60. The van der Waals surface area contributed by atoms with Gasteiger partial charge in [0, 0.05) is 18.8 Å². The minimum Gasteiger partial charge on any atom is -0.335 e. The van der Waals surface area contributed by atoms with Crippen molar-refractivity contribution in [3.63, 3.8) is 0 Å². The number of hydrogen-bond donors (Lipinski definition) is 0. The molecule has 3 heterocycles. The summed E-state index contributed by atoms with van der Waals surface area (Å²) in [5.74, 6) is 1.03.